The fraction of sp³-hybridized carbons (Fsp3) is 0.385. The Morgan fingerprint density at radius 3 is 2.93 bits per heavy atom. The maximum atomic E-state index is 5.57. The van der Waals surface area contributed by atoms with Crippen molar-refractivity contribution in [2.45, 2.75) is 19.4 Å². The van der Waals surface area contributed by atoms with Crippen LogP contribution in [0.1, 0.15) is 24.0 Å². The summed E-state index contributed by atoms with van der Waals surface area (Å²) < 4.78 is 5.57. The van der Waals surface area contributed by atoms with E-state index in [4.69, 9.17) is 4.74 Å². The minimum Gasteiger partial charge on any atom is -0.377 e. The van der Waals surface area contributed by atoms with Gasteiger partial charge in [-0.15, -0.1) is 0 Å². The molecule has 0 spiro atoms. The van der Waals surface area contributed by atoms with Gasteiger partial charge in [-0.05, 0) is 30.0 Å². The Labute approximate surface area is 100 Å². The molecule has 1 aromatic rings. The van der Waals surface area contributed by atoms with Gasteiger partial charge >= 0.3 is 0 Å². The maximum absolute atomic E-state index is 5.57. The summed E-state index contributed by atoms with van der Waals surface area (Å²) in [7, 11) is 0. The van der Waals surface area contributed by atoms with Crippen LogP contribution in [0.5, 0.6) is 0 Å². The lowest BCUT2D eigenvalue weighted by Gasteiger charge is -2.04. The molecule has 0 radical (unpaired) electrons. The van der Waals surface area contributed by atoms with Gasteiger partial charge in [-0.2, -0.15) is 0 Å². The molecule has 0 aromatic heterocycles. The predicted molar refractivity (Wildman–Crippen MR) is 69.2 cm³/mol. The molecule has 0 N–H and O–H groups in total. The number of halogens is 1. The van der Waals surface area contributed by atoms with Crippen LogP contribution in [-0.2, 0) is 11.3 Å². The van der Waals surface area contributed by atoms with Crippen LogP contribution in [-0.4, -0.2) is 11.9 Å². The van der Waals surface area contributed by atoms with Crippen molar-refractivity contribution in [1.82, 2.24) is 0 Å². The molecule has 1 nitrogen and oxygen atoms in total. The van der Waals surface area contributed by atoms with Gasteiger partial charge in [-0.25, -0.2) is 0 Å². The average Bonchev–Trinajstić information content (AvgIpc) is 2.29. The molecule has 0 aliphatic rings. The van der Waals surface area contributed by atoms with Crippen molar-refractivity contribution >= 4 is 22.0 Å². The van der Waals surface area contributed by atoms with Crippen molar-refractivity contribution in [1.29, 1.82) is 0 Å². The highest BCUT2D eigenvalue weighted by molar-refractivity contribution is 9.09. The second kappa shape index (κ2) is 7.66. The molecule has 0 aliphatic heterocycles. The zero-order valence-corrected chi connectivity index (χ0v) is 10.5. The minimum absolute atomic E-state index is 0.698. The largest absolute Gasteiger partial charge is 0.377 e. The number of alkyl halides is 1. The third-order valence-corrected chi connectivity index (χ3v) is 2.69. The van der Waals surface area contributed by atoms with Crippen LogP contribution in [0.25, 0.3) is 6.08 Å². The summed E-state index contributed by atoms with van der Waals surface area (Å²) in [6, 6.07) is 8.27. The molecule has 0 saturated heterocycles. The lowest BCUT2D eigenvalue weighted by molar-refractivity contribution is 0.118. The fourth-order valence-corrected chi connectivity index (χ4v) is 1.70. The summed E-state index contributed by atoms with van der Waals surface area (Å²) in [5.74, 6) is 0. The molecule has 0 amide bonds. The van der Waals surface area contributed by atoms with Gasteiger partial charge in [0.1, 0.15) is 0 Å². The first-order valence-corrected chi connectivity index (χ1v) is 6.34. The number of benzene rings is 1. The van der Waals surface area contributed by atoms with Crippen LogP contribution in [0.2, 0.25) is 0 Å². The third-order valence-electron chi connectivity index (χ3n) is 2.13. The molecule has 0 atom stereocenters. The zero-order chi connectivity index (χ0) is 10.9. The molecular weight excluding hydrogens is 252 g/mol. The molecule has 0 aliphatic carbocycles. The summed E-state index contributed by atoms with van der Waals surface area (Å²) >= 11 is 3.40. The van der Waals surface area contributed by atoms with E-state index in [1.54, 1.807) is 0 Å². The second-order valence-electron chi connectivity index (χ2n) is 3.40. The van der Waals surface area contributed by atoms with Crippen molar-refractivity contribution < 1.29 is 4.74 Å². The van der Waals surface area contributed by atoms with E-state index in [-0.39, 0.29) is 0 Å². The summed E-state index contributed by atoms with van der Waals surface area (Å²) in [5, 5.41) is 1.06. The minimum atomic E-state index is 0.698. The molecule has 0 fully saturated rings. The molecule has 2 heteroatoms. The fourth-order valence-electron chi connectivity index (χ4n) is 1.30. The Bertz CT molecular complexity index is 296. The highest BCUT2D eigenvalue weighted by Gasteiger charge is 1.94. The van der Waals surface area contributed by atoms with Gasteiger partial charge < -0.3 is 4.74 Å². The van der Waals surface area contributed by atoms with Gasteiger partial charge in [-0.3, -0.25) is 0 Å². The molecular formula is C13H17BrO. The first kappa shape index (κ1) is 12.5. The second-order valence-corrected chi connectivity index (χ2v) is 4.19. The quantitative estimate of drug-likeness (QED) is 0.536. The van der Waals surface area contributed by atoms with Gasteiger partial charge in [-0.1, -0.05) is 46.8 Å². The Morgan fingerprint density at radius 1 is 1.33 bits per heavy atom. The van der Waals surface area contributed by atoms with Gasteiger partial charge in [0, 0.05) is 11.9 Å². The summed E-state index contributed by atoms with van der Waals surface area (Å²) in [6.07, 6.45) is 4.15. The van der Waals surface area contributed by atoms with Gasteiger partial charge in [0.2, 0.25) is 0 Å². The van der Waals surface area contributed by atoms with Gasteiger partial charge in [0.05, 0.1) is 6.61 Å². The average molecular weight is 269 g/mol. The van der Waals surface area contributed by atoms with E-state index in [1.807, 2.05) is 18.2 Å². The Morgan fingerprint density at radius 2 is 2.20 bits per heavy atom. The van der Waals surface area contributed by atoms with E-state index in [1.165, 1.54) is 12.0 Å². The maximum Gasteiger partial charge on any atom is 0.0717 e. The lowest BCUT2D eigenvalue weighted by atomic mass is 10.1. The molecule has 1 aromatic carbocycles. The van der Waals surface area contributed by atoms with Crippen molar-refractivity contribution in [3.63, 3.8) is 0 Å². The Kier molecular flexibility index (Phi) is 6.37. The van der Waals surface area contributed by atoms with Crippen LogP contribution in [0.15, 0.2) is 30.8 Å². The third kappa shape index (κ3) is 5.14. The first-order valence-electron chi connectivity index (χ1n) is 5.22. The highest BCUT2D eigenvalue weighted by atomic mass is 79.9. The van der Waals surface area contributed by atoms with Crippen molar-refractivity contribution in [3.8, 4) is 0 Å². The van der Waals surface area contributed by atoms with Crippen LogP contribution in [0, 0.1) is 0 Å². The standard InChI is InChI=1S/C13H17BrO/c1-2-12-6-5-7-13(10-12)11-15-9-4-3-8-14/h2,5-7,10H,1,3-4,8-9,11H2. The number of rotatable bonds is 7. The topological polar surface area (TPSA) is 9.23 Å². The lowest BCUT2D eigenvalue weighted by Crippen LogP contribution is -1.96. The summed E-state index contributed by atoms with van der Waals surface area (Å²) in [6.45, 7) is 5.28. The van der Waals surface area contributed by atoms with Crippen molar-refractivity contribution in [2.75, 3.05) is 11.9 Å². The highest BCUT2D eigenvalue weighted by Crippen LogP contribution is 2.08. The molecule has 15 heavy (non-hydrogen) atoms. The number of hydrogen-bond donors (Lipinski definition) is 0. The predicted octanol–water partition coefficient (Wildman–Crippen LogP) is 4.02. The van der Waals surface area contributed by atoms with Crippen LogP contribution >= 0.6 is 15.9 Å². The molecule has 0 unspecified atom stereocenters. The van der Waals surface area contributed by atoms with E-state index < -0.39 is 0 Å². The van der Waals surface area contributed by atoms with Gasteiger partial charge in [0.25, 0.3) is 0 Å². The van der Waals surface area contributed by atoms with Crippen LogP contribution in [0.4, 0.5) is 0 Å². The van der Waals surface area contributed by atoms with Crippen LogP contribution < -0.4 is 0 Å². The van der Waals surface area contributed by atoms with Crippen molar-refractivity contribution in [3.05, 3.63) is 42.0 Å². The molecule has 0 heterocycles. The van der Waals surface area contributed by atoms with E-state index in [0.717, 1.165) is 23.9 Å². The normalized spacial score (nSPS) is 10.2. The smallest absolute Gasteiger partial charge is 0.0717 e. The molecule has 1 rings (SSSR count). The molecule has 82 valence electrons. The van der Waals surface area contributed by atoms with Crippen molar-refractivity contribution in [2.24, 2.45) is 0 Å². The Hall–Kier alpha value is -0.600. The zero-order valence-electron chi connectivity index (χ0n) is 8.92. The number of hydrogen-bond acceptors (Lipinski definition) is 1. The Balaban J connectivity index is 2.27. The van der Waals surface area contributed by atoms with E-state index in [9.17, 15) is 0 Å². The summed E-state index contributed by atoms with van der Waals surface area (Å²) in [5.41, 5.74) is 2.36. The summed E-state index contributed by atoms with van der Waals surface area (Å²) in [4.78, 5) is 0. The van der Waals surface area contributed by atoms with E-state index in [0.29, 0.717) is 6.61 Å². The monoisotopic (exact) mass is 268 g/mol. The SMILES string of the molecule is C=Cc1cccc(COCCCCBr)c1. The first-order chi connectivity index (χ1) is 7.36. The molecule has 0 bridgehead atoms. The number of ether oxygens (including phenoxy) is 1. The van der Waals surface area contributed by atoms with Crippen LogP contribution in [0.3, 0.4) is 0 Å². The van der Waals surface area contributed by atoms with E-state index in [2.05, 4.69) is 34.6 Å². The number of unbranched alkanes of at least 4 members (excludes halogenated alkanes) is 1. The molecule has 0 saturated carbocycles. The van der Waals surface area contributed by atoms with Gasteiger partial charge in [0.15, 0.2) is 0 Å². The van der Waals surface area contributed by atoms with E-state index >= 15 is 0 Å².